The minimum absolute atomic E-state index is 0.181. The van der Waals surface area contributed by atoms with Gasteiger partial charge in [0.15, 0.2) is 11.9 Å². The Morgan fingerprint density at radius 3 is 2.50 bits per heavy atom. The van der Waals surface area contributed by atoms with Crippen molar-refractivity contribution in [3.05, 3.63) is 35.1 Å². The van der Waals surface area contributed by atoms with Gasteiger partial charge >= 0.3 is 5.97 Å². The molecule has 0 radical (unpaired) electrons. The zero-order valence-corrected chi connectivity index (χ0v) is 19.8. The first-order valence-electron chi connectivity index (χ1n) is 11.0. The molecule has 0 amide bonds. The zero-order chi connectivity index (χ0) is 24.2. The Balaban J connectivity index is 1.27. The molecule has 10 nitrogen and oxygen atoms in total. The number of carbonyl (C=O) groups is 1. The summed E-state index contributed by atoms with van der Waals surface area (Å²) in [6.45, 7) is 8.54. The van der Waals surface area contributed by atoms with Gasteiger partial charge in [-0.1, -0.05) is 37.5 Å². The number of carboxylic acid groups (broad SMARTS) is 1. The zero-order valence-electron chi connectivity index (χ0n) is 19.0. The number of anilines is 2. The van der Waals surface area contributed by atoms with Crippen molar-refractivity contribution >= 4 is 29.1 Å². The fraction of sp³-hybridized carbons (Fsp3) is 0.500. The van der Waals surface area contributed by atoms with Gasteiger partial charge in [-0.05, 0) is 28.8 Å². The highest BCUT2D eigenvalue weighted by Crippen LogP contribution is 2.39. The highest BCUT2D eigenvalue weighted by molar-refractivity contribution is 6.33. The van der Waals surface area contributed by atoms with Crippen LogP contribution < -0.4 is 9.80 Å². The number of hydrogen-bond donors (Lipinski definition) is 1. The minimum Gasteiger partial charge on any atom is -0.480 e. The number of rotatable bonds is 5. The second-order valence-corrected chi connectivity index (χ2v) is 10.4. The molecule has 2 aromatic heterocycles. The third-order valence-electron chi connectivity index (χ3n) is 6.49. The van der Waals surface area contributed by atoms with E-state index < -0.39 is 17.4 Å². The summed E-state index contributed by atoms with van der Waals surface area (Å²) in [7, 11) is 0. The van der Waals surface area contributed by atoms with Gasteiger partial charge in [0, 0.05) is 44.1 Å². The van der Waals surface area contributed by atoms with Gasteiger partial charge in [0.2, 0.25) is 11.6 Å². The number of benzene rings is 1. The number of carboxylic acids is 1. The van der Waals surface area contributed by atoms with E-state index in [1.807, 2.05) is 0 Å². The van der Waals surface area contributed by atoms with Gasteiger partial charge in [0.25, 0.3) is 0 Å². The average molecular weight is 490 g/mol. The SMILES string of the molecule is CC(C)(C)C(C(=O)O)n1nnc(-c2cc(N3CC4CN(c5cc(F)ccc5Cl)CC4C3)no2)n1. The van der Waals surface area contributed by atoms with Crippen molar-refractivity contribution in [2.24, 2.45) is 17.3 Å². The van der Waals surface area contributed by atoms with Gasteiger partial charge in [-0.25, -0.2) is 9.18 Å². The average Bonchev–Trinajstić information content (AvgIpc) is 3.50. The van der Waals surface area contributed by atoms with Gasteiger partial charge in [-0.3, -0.25) is 0 Å². The molecule has 180 valence electrons. The largest absolute Gasteiger partial charge is 0.480 e. The third kappa shape index (κ3) is 4.08. The Morgan fingerprint density at radius 1 is 1.18 bits per heavy atom. The quantitative estimate of drug-likeness (QED) is 0.576. The molecule has 4 heterocycles. The molecular weight excluding hydrogens is 465 g/mol. The van der Waals surface area contributed by atoms with E-state index in [1.165, 1.54) is 12.1 Å². The molecule has 2 fully saturated rings. The highest BCUT2D eigenvalue weighted by atomic mass is 35.5. The first kappa shape index (κ1) is 22.6. The lowest BCUT2D eigenvalue weighted by Crippen LogP contribution is -2.33. The fourth-order valence-corrected chi connectivity index (χ4v) is 5.11. The van der Waals surface area contributed by atoms with Crippen LogP contribution in [0.25, 0.3) is 11.6 Å². The molecule has 1 N–H and O–H groups in total. The van der Waals surface area contributed by atoms with E-state index in [0.717, 1.165) is 36.7 Å². The summed E-state index contributed by atoms with van der Waals surface area (Å²) in [5.74, 6) is 0.623. The van der Waals surface area contributed by atoms with Crippen LogP contribution in [0.2, 0.25) is 5.02 Å². The van der Waals surface area contributed by atoms with Crippen LogP contribution in [0, 0.1) is 23.1 Å². The molecule has 3 unspecified atom stereocenters. The maximum Gasteiger partial charge on any atom is 0.331 e. The van der Waals surface area contributed by atoms with E-state index in [1.54, 1.807) is 32.9 Å². The lowest BCUT2D eigenvalue weighted by molar-refractivity contribution is -0.145. The molecule has 3 aromatic rings. The van der Waals surface area contributed by atoms with Gasteiger partial charge < -0.3 is 19.4 Å². The van der Waals surface area contributed by atoms with Gasteiger partial charge in [-0.15, -0.1) is 15.0 Å². The first-order chi connectivity index (χ1) is 16.1. The number of tetrazole rings is 1. The van der Waals surface area contributed by atoms with Crippen molar-refractivity contribution in [1.29, 1.82) is 0 Å². The van der Waals surface area contributed by atoms with Crippen LogP contribution >= 0.6 is 11.6 Å². The summed E-state index contributed by atoms with van der Waals surface area (Å²) in [5, 5.41) is 26.5. The third-order valence-corrected chi connectivity index (χ3v) is 6.81. The predicted octanol–water partition coefficient (Wildman–Crippen LogP) is 3.37. The number of halogens is 2. The predicted molar refractivity (Wildman–Crippen MR) is 122 cm³/mol. The van der Waals surface area contributed by atoms with Crippen LogP contribution in [0.15, 0.2) is 28.8 Å². The molecule has 2 aliphatic heterocycles. The van der Waals surface area contributed by atoms with Crippen molar-refractivity contribution < 1.29 is 18.8 Å². The van der Waals surface area contributed by atoms with E-state index in [-0.39, 0.29) is 11.6 Å². The maximum atomic E-state index is 13.7. The van der Waals surface area contributed by atoms with Crippen LogP contribution in [-0.4, -0.2) is 62.6 Å². The molecule has 0 saturated carbocycles. The molecule has 0 aliphatic carbocycles. The Morgan fingerprint density at radius 2 is 1.85 bits per heavy atom. The minimum atomic E-state index is -1.04. The molecule has 12 heteroatoms. The van der Waals surface area contributed by atoms with Crippen molar-refractivity contribution in [3.63, 3.8) is 0 Å². The Kier molecular flexibility index (Phi) is 5.46. The summed E-state index contributed by atoms with van der Waals surface area (Å²) in [5.41, 5.74) is 0.128. The molecule has 1 aromatic carbocycles. The molecule has 34 heavy (non-hydrogen) atoms. The molecule has 2 aliphatic rings. The van der Waals surface area contributed by atoms with E-state index in [2.05, 4.69) is 30.4 Å². The second-order valence-electron chi connectivity index (χ2n) is 10.0. The second kappa shape index (κ2) is 8.23. The van der Waals surface area contributed by atoms with Crippen molar-refractivity contribution in [1.82, 2.24) is 25.4 Å². The summed E-state index contributed by atoms with van der Waals surface area (Å²) < 4.78 is 19.2. The van der Waals surface area contributed by atoms with Crippen LogP contribution in [0.4, 0.5) is 15.9 Å². The number of aromatic nitrogens is 5. The molecular formula is C22H25ClFN7O3. The number of aliphatic carboxylic acids is 1. The molecule has 0 bridgehead atoms. The first-order valence-corrected chi connectivity index (χ1v) is 11.4. The number of hydrogen-bond acceptors (Lipinski definition) is 8. The summed E-state index contributed by atoms with van der Waals surface area (Å²) in [4.78, 5) is 17.1. The molecule has 5 rings (SSSR count). The number of fused-ring (bicyclic) bond motifs is 1. The molecule has 2 saturated heterocycles. The summed E-state index contributed by atoms with van der Waals surface area (Å²) >= 11 is 6.29. The molecule has 0 spiro atoms. The maximum absolute atomic E-state index is 13.7. The van der Waals surface area contributed by atoms with Crippen LogP contribution in [-0.2, 0) is 4.79 Å². The summed E-state index contributed by atoms with van der Waals surface area (Å²) in [6, 6.07) is 5.22. The van der Waals surface area contributed by atoms with Crippen LogP contribution in [0.1, 0.15) is 26.8 Å². The smallest absolute Gasteiger partial charge is 0.331 e. The van der Waals surface area contributed by atoms with Gasteiger partial charge in [0.05, 0.1) is 10.7 Å². The van der Waals surface area contributed by atoms with E-state index in [9.17, 15) is 14.3 Å². The van der Waals surface area contributed by atoms with Crippen LogP contribution in [0.5, 0.6) is 0 Å². The van der Waals surface area contributed by atoms with Gasteiger partial charge in [0.1, 0.15) is 5.82 Å². The lowest BCUT2D eigenvalue weighted by Gasteiger charge is -2.25. The summed E-state index contributed by atoms with van der Waals surface area (Å²) in [6.07, 6.45) is 0. The monoisotopic (exact) mass is 489 g/mol. The van der Waals surface area contributed by atoms with Crippen molar-refractivity contribution in [2.75, 3.05) is 36.0 Å². The topological polar surface area (TPSA) is 113 Å². The van der Waals surface area contributed by atoms with E-state index in [0.29, 0.717) is 28.4 Å². The van der Waals surface area contributed by atoms with Crippen molar-refractivity contribution in [3.8, 4) is 11.6 Å². The van der Waals surface area contributed by atoms with E-state index in [4.69, 9.17) is 16.1 Å². The Hall–Kier alpha value is -3.21. The standard InChI is InChI=1S/C22H25ClFN7O3/c1-22(2,3)19(21(32)33)31-26-20(25-28-31)17-7-18(27-34-17)30-10-12-8-29(9-13(12)11-30)16-6-14(24)4-5-15(16)23/h4-7,12-13,19H,8-11H2,1-3H3,(H,32,33). The normalized spacial score (nSPS) is 21.2. The molecule has 3 atom stereocenters. The number of nitrogens with zero attached hydrogens (tertiary/aromatic N) is 7. The van der Waals surface area contributed by atoms with Gasteiger partial charge in [-0.2, -0.15) is 0 Å². The van der Waals surface area contributed by atoms with Crippen LogP contribution in [0.3, 0.4) is 0 Å². The fourth-order valence-electron chi connectivity index (χ4n) is 4.87. The Bertz CT molecular complexity index is 1210. The highest BCUT2D eigenvalue weighted by Gasteiger charge is 2.41. The lowest BCUT2D eigenvalue weighted by atomic mass is 9.87. The Labute approximate surface area is 200 Å². The van der Waals surface area contributed by atoms with Crippen molar-refractivity contribution in [2.45, 2.75) is 26.8 Å². The van der Waals surface area contributed by atoms with E-state index >= 15 is 0 Å².